The molecule has 146 valence electrons. The minimum absolute atomic E-state index is 0.00958. The largest absolute Gasteiger partial charge is 0.364 e. The number of H-pyrrole nitrogens is 1. The molecule has 29 heavy (non-hydrogen) atoms. The van der Waals surface area contributed by atoms with Crippen LogP contribution in [0.4, 0.5) is 0 Å². The van der Waals surface area contributed by atoms with E-state index in [0.29, 0.717) is 17.2 Å². The highest BCUT2D eigenvalue weighted by Gasteiger charge is 2.21. The summed E-state index contributed by atoms with van der Waals surface area (Å²) in [6.07, 6.45) is 0. The standard InChI is InChI=1S/C22H21N5O2/c1-11-5-8-16(14(4)9-11)20-24-17(19(23)28)18-21(26-20)27(22(29)25-18)15-7-6-12(2)13(3)10-15/h5-10H,1-4H3,(H2,23,28)(H,25,29). The second kappa shape index (κ2) is 6.70. The number of imidazole rings is 1. The lowest BCUT2D eigenvalue weighted by Gasteiger charge is -2.10. The van der Waals surface area contributed by atoms with Gasteiger partial charge in [0.1, 0.15) is 5.52 Å². The molecule has 0 aliphatic heterocycles. The van der Waals surface area contributed by atoms with Gasteiger partial charge in [-0.3, -0.25) is 4.79 Å². The highest BCUT2D eigenvalue weighted by molar-refractivity contribution is 6.02. The fourth-order valence-electron chi connectivity index (χ4n) is 3.45. The third kappa shape index (κ3) is 3.10. The molecule has 7 nitrogen and oxygen atoms in total. The summed E-state index contributed by atoms with van der Waals surface area (Å²) in [6.45, 7) is 7.93. The zero-order valence-corrected chi connectivity index (χ0v) is 16.7. The monoisotopic (exact) mass is 387 g/mol. The molecule has 2 aromatic carbocycles. The second-order valence-corrected chi connectivity index (χ2v) is 7.31. The summed E-state index contributed by atoms with van der Waals surface area (Å²) in [7, 11) is 0. The van der Waals surface area contributed by atoms with Crippen LogP contribution in [0.3, 0.4) is 0 Å². The van der Waals surface area contributed by atoms with Crippen molar-refractivity contribution in [3.8, 4) is 17.1 Å². The number of amides is 1. The van der Waals surface area contributed by atoms with Crippen molar-refractivity contribution in [2.24, 2.45) is 5.73 Å². The van der Waals surface area contributed by atoms with Gasteiger partial charge in [-0.2, -0.15) is 0 Å². The summed E-state index contributed by atoms with van der Waals surface area (Å²) in [5.41, 5.74) is 11.4. The van der Waals surface area contributed by atoms with E-state index in [1.54, 1.807) is 0 Å². The molecule has 0 aliphatic carbocycles. The van der Waals surface area contributed by atoms with Gasteiger partial charge in [0.2, 0.25) is 0 Å². The van der Waals surface area contributed by atoms with Crippen molar-refractivity contribution in [3.05, 3.63) is 74.8 Å². The molecule has 7 heteroatoms. The molecule has 0 radical (unpaired) electrons. The molecule has 0 aliphatic rings. The average molecular weight is 387 g/mol. The summed E-state index contributed by atoms with van der Waals surface area (Å²) in [5, 5.41) is 0. The Kier molecular flexibility index (Phi) is 4.30. The minimum atomic E-state index is -0.725. The van der Waals surface area contributed by atoms with Gasteiger partial charge in [0.25, 0.3) is 5.91 Å². The summed E-state index contributed by atoms with van der Waals surface area (Å²) >= 11 is 0. The van der Waals surface area contributed by atoms with Crippen LogP contribution in [-0.2, 0) is 0 Å². The van der Waals surface area contributed by atoms with Crippen LogP contribution in [0.1, 0.15) is 32.7 Å². The van der Waals surface area contributed by atoms with Gasteiger partial charge in [-0.15, -0.1) is 0 Å². The van der Waals surface area contributed by atoms with E-state index in [0.717, 1.165) is 27.8 Å². The first-order valence-electron chi connectivity index (χ1n) is 9.24. The molecule has 4 rings (SSSR count). The van der Waals surface area contributed by atoms with Gasteiger partial charge in [0, 0.05) is 5.56 Å². The summed E-state index contributed by atoms with van der Waals surface area (Å²) in [6, 6.07) is 11.6. The summed E-state index contributed by atoms with van der Waals surface area (Å²) in [4.78, 5) is 36.6. The fourth-order valence-corrected chi connectivity index (χ4v) is 3.45. The molecule has 2 heterocycles. The Morgan fingerprint density at radius 1 is 0.966 bits per heavy atom. The normalized spacial score (nSPS) is 11.2. The molecule has 0 saturated carbocycles. The number of carbonyl (C=O) groups is 1. The number of hydrogen-bond acceptors (Lipinski definition) is 4. The molecule has 0 atom stereocenters. The third-order valence-electron chi connectivity index (χ3n) is 5.14. The van der Waals surface area contributed by atoms with E-state index < -0.39 is 11.6 Å². The molecular formula is C22H21N5O2. The number of aromatic amines is 1. The molecule has 0 unspecified atom stereocenters. The zero-order chi connectivity index (χ0) is 20.9. The average Bonchev–Trinajstić information content (AvgIpc) is 2.99. The van der Waals surface area contributed by atoms with Gasteiger partial charge in [0.15, 0.2) is 17.2 Å². The smallest absolute Gasteiger partial charge is 0.332 e. The number of primary amides is 1. The molecular weight excluding hydrogens is 366 g/mol. The van der Waals surface area contributed by atoms with Crippen LogP contribution in [0.25, 0.3) is 28.2 Å². The van der Waals surface area contributed by atoms with Gasteiger partial charge in [-0.1, -0.05) is 29.8 Å². The lowest BCUT2D eigenvalue weighted by molar-refractivity contribution is 0.0997. The first-order valence-corrected chi connectivity index (χ1v) is 9.24. The van der Waals surface area contributed by atoms with Crippen molar-refractivity contribution in [2.75, 3.05) is 0 Å². The topological polar surface area (TPSA) is 107 Å². The first kappa shape index (κ1) is 18.6. The Balaban J connectivity index is 2.07. The van der Waals surface area contributed by atoms with Crippen LogP contribution in [0, 0.1) is 27.7 Å². The van der Waals surface area contributed by atoms with Crippen LogP contribution in [0.15, 0.2) is 41.2 Å². The number of carbonyl (C=O) groups excluding carboxylic acids is 1. The first-order chi connectivity index (χ1) is 13.8. The zero-order valence-electron chi connectivity index (χ0n) is 16.7. The van der Waals surface area contributed by atoms with E-state index >= 15 is 0 Å². The maximum absolute atomic E-state index is 12.8. The van der Waals surface area contributed by atoms with Gasteiger partial charge in [-0.25, -0.2) is 19.3 Å². The number of nitrogens with one attached hydrogen (secondary N) is 1. The number of rotatable bonds is 3. The van der Waals surface area contributed by atoms with Crippen molar-refractivity contribution < 1.29 is 4.79 Å². The van der Waals surface area contributed by atoms with Crippen LogP contribution < -0.4 is 11.4 Å². The molecule has 2 aromatic heterocycles. The van der Waals surface area contributed by atoms with Crippen molar-refractivity contribution in [1.82, 2.24) is 19.5 Å². The molecule has 3 N–H and O–H groups in total. The van der Waals surface area contributed by atoms with Crippen molar-refractivity contribution in [3.63, 3.8) is 0 Å². The van der Waals surface area contributed by atoms with E-state index in [1.807, 2.05) is 64.1 Å². The van der Waals surface area contributed by atoms with E-state index in [-0.39, 0.29) is 11.2 Å². The lowest BCUT2D eigenvalue weighted by Crippen LogP contribution is -2.15. The van der Waals surface area contributed by atoms with E-state index in [4.69, 9.17) is 5.73 Å². The number of nitrogens with two attached hydrogens (primary N) is 1. The van der Waals surface area contributed by atoms with Crippen molar-refractivity contribution in [2.45, 2.75) is 27.7 Å². The Labute approximate surface area is 167 Å². The SMILES string of the molecule is Cc1ccc(-c2nc(C(N)=O)c3[nH]c(=O)n(-c4ccc(C)c(C)c4)c3n2)c(C)c1. The van der Waals surface area contributed by atoms with Crippen LogP contribution in [-0.4, -0.2) is 25.4 Å². The maximum Gasteiger partial charge on any atom is 0.332 e. The molecule has 1 amide bonds. The van der Waals surface area contributed by atoms with E-state index in [9.17, 15) is 9.59 Å². The molecule has 0 bridgehead atoms. The Hall–Kier alpha value is -3.74. The molecule has 4 aromatic rings. The predicted molar refractivity (Wildman–Crippen MR) is 112 cm³/mol. The Morgan fingerprint density at radius 3 is 2.38 bits per heavy atom. The fraction of sp³-hybridized carbons (Fsp3) is 0.182. The Bertz CT molecular complexity index is 1350. The van der Waals surface area contributed by atoms with Gasteiger partial charge in [0.05, 0.1) is 5.69 Å². The van der Waals surface area contributed by atoms with E-state index in [1.165, 1.54) is 4.57 Å². The third-order valence-corrected chi connectivity index (χ3v) is 5.14. The van der Waals surface area contributed by atoms with Crippen LogP contribution >= 0.6 is 0 Å². The highest BCUT2D eigenvalue weighted by Crippen LogP contribution is 2.25. The van der Waals surface area contributed by atoms with Crippen molar-refractivity contribution in [1.29, 1.82) is 0 Å². The summed E-state index contributed by atoms with van der Waals surface area (Å²) < 4.78 is 1.45. The van der Waals surface area contributed by atoms with Crippen LogP contribution in [0.5, 0.6) is 0 Å². The number of benzene rings is 2. The molecule has 0 saturated heterocycles. The quantitative estimate of drug-likeness (QED) is 0.563. The molecule has 0 fully saturated rings. The highest BCUT2D eigenvalue weighted by atomic mass is 16.2. The lowest BCUT2D eigenvalue weighted by atomic mass is 10.1. The Morgan fingerprint density at radius 2 is 1.72 bits per heavy atom. The number of hydrogen-bond donors (Lipinski definition) is 2. The summed E-state index contributed by atoms with van der Waals surface area (Å²) in [5.74, 6) is -0.378. The maximum atomic E-state index is 12.8. The van der Waals surface area contributed by atoms with Gasteiger partial charge < -0.3 is 10.7 Å². The van der Waals surface area contributed by atoms with Crippen LogP contribution in [0.2, 0.25) is 0 Å². The van der Waals surface area contributed by atoms with E-state index in [2.05, 4.69) is 15.0 Å². The molecule has 0 spiro atoms. The number of nitrogens with zero attached hydrogens (tertiary/aromatic N) is 3. The van der Waals surface area contributed by atoms with Crippen molar-refractivity contribution >= 4 is 17.1 Å². The second-order valence-electron chi connectivity index (χ2n) is 7.31. The van der Waals surface area contributed by atoms with Gasteiger partial charge >= 0.3 is 5.69 Å². The minimum Gasteiger partial charge on any atom is -0.364 e. The predicted octanol–water partition coefficient (Wildman–Crippen LogP) is 3.11. The number of fused-ring (bicyclic) bond motifs is 1. The number of aromatic nitrogens is 4. The number of aryl methyl sites for hydroxylation is 4. The van der Waals surface area contributed by atoms with Gasteiger partial charge in [-0.05, 0) is 56.5 Å².